The van der Waals surface area contributed by atoms with Gasteiger partial charge in [-0.3, -0.25) is 14.6 Å². The van der Waals surface area contributed by atoms with E-state index in [1.54, 1.807) is 18.3 Å². The molecule has 14 heavy (non-hydrogen) atoms. The number of carbonyl (C=O) groups is 2. The van der Waals surface area contributed by atoms with Gasteiger partial charge < -0.3 is 10.2 Å². The number of nitrogens with zero attached hydrogens (tertiary/aromatic N) is 2. The maximum atomic E-state index is 11.7. The van der Waals surface area contributed by atoms with Crippen molar-refractivity contribution in [2.75, 3.05) is 6.54 Å². The third-order valence-electron chi connectivity index (χ3n) is 2.51. The Kier molecular flexibility index (Phi) is 1.24. The van der Waals surface area contributed by atoms with Crippen LogP contribution >= 0.6 is 0 Å². The number of amides is 2. The summed E-state index contributed by atoms with van der Waals surface area (Å²) in [6.07, 6.45) is 1.28. The number of nitrogens with one attached hydrogen (secondary N) is 1. The normalized spacial score (nSPS) is 23.4. The SMILES string of the molecule is O=C1CN2C(=O)c3cccnc3C2N1. The number of hydrogen-bond acceptors (Lipinski definition) is 3. The molecular weight excluding hydrogens is 182 g/mol. The summed E-state index contributed by atoms with van der Waals surface area (Å²) in [4.78, 5) is 28.4. The van der Waals surface area contributed by atoms with Crippen molar-refractivity contribution >= 4 is 11.8 Å². The van der Waals surface area contributed by atoms with E-state index < -0.39 is 0 Å². The van der Waals surface area contributed by atoms with E-state index in [1.165, 1.54) is 4.90 Å². The molecule has 0 spiro atoms. The first-order valence-electron chi connectivity index (χ1n) is 4.32. The highest BCUT2D eigenvalue weighted by Gasteiger charge is 2.43. The van der Waals surface area contributed by atoms with Crippen LogP contribution in [0, 0.1) is 0 Å². The first kappa shape index (κ1) is 7.49. The summed E-state index contributed by atoms with van der Waals surface area (Å²) in [5.74, 6) is -0.240. The van der Waals surface area contributed by atoms with E-state index in [4.69, 9.17) is 0 Å². The molecule has 0 bridgehead atoms. The highest BCUT2D eigenvalue weighted by molar-refractivity contribution is 6.02. The Labute approximate surface area is 79.7 Å². The molecule has 0 radical (unpaired) electrons. The van der Waals surface area contributed by atoms with Gasteiger partial charge in [0.1, 0.15) is 12.7 Å². The molecule has 0 aliphatic carbocycles. The summed E-state index contributed by atoms with van der Waals surface area (Å²) >= 11 is 0. The van der Waals surface area contributed by atoms with Crippen LogP contribution in [0.4, 0.5) is 0 Å². The summed E-state index contributed by atoms with van der Waals surface area (Å²) in [5.41, 5.74) is 1.25. The van der Waals surface area contributed by atoms with Gasteiger partial charge in [-0.05, 0) is 12.1 Å². The second-order valence-corrected chi connectivity index (χ2v) is 3.34. The Morgan fingerprint density at radius 2 is 2.36 bits per heavy atom. The lowest BCUT2D eigenvalue weighted by atomic mass is 10.2. The molecule has 1 aromatic heterocycles. The van der Waals surface area contributed by atoms with E-state index in [0.29, 0.717) is 11.3 Å². The molecule has 2 aliphatic rings. The Morgan fingerprint density at radius 1 is 1.50 bits per heavy atom. The molecule has 1 N–H and O–H groups in total. The molecule has 0 aromatic carbocycles. The molecule has 70 valence electrons. The van der Waals surface area contributed by atoms with Gasteiger partial charge in [0.25, 0.3) is 5.91 Å². The van der Waals surface area contributed by atoms with E-state index in [0.717, 1.165) is 0 Å². The molecule has 1 aromatic rings. The average Bonchev–Trinajstić information content (AvgIpc) is 2.68. The van der Waals surface area contributed by atoms with Crippen molar-refractivity contribution in [3.63, 3.8) is 0 Å². The van der Waals surface area contributed by atoms with Crippen molar-refractivity contribution in [2.24, 2.45) is 0 Å². The molecule has 1 fully saturated rings. The van der Waals surface area contributed by atoms with Gasteiger partial charge in [0.2, 0.25) is 5.91 Å². The summed E-state index contributed by atoms with van der Waals surface area (Å²) in [5, 5.41) is 2.71. The Bertz CT molecular complexity index is 443. The third kappa shape index (κ3) is 0.761. The molecule has 0 saturated carbocycles. The number of fused-ring (bicyclic) bond motifs is 3. The fourth-order valence-corrected chi connectivity index (χ4v) is 1.90. The highest BCUT2D eigenvalue weighted by Crippen LogP contribution is 2.31. The molecular formula is C9H7N3O2. The van der Waals surface area contributed by atoms with Crippen LogP contribution in [0.15, 0.2) is 18.3 Å². The van der Waals surface area contributed by atoms with Gasteiger partial charge in [0, 0.05) is 6.20 Å². The van der Waals surface area contributed by atoms with E-state index in [-0.39, 0.29) is 24.5 Å². The molecule has 1 unspecified atom stereocenters. The van der Waals surface area contributed by atoms with Crippen LogP contribution in [0.1, 0.15) is 22.2 Å². The standard InChI is InChI=1S/C9H7N3O2/c13-6-4-12-8(11-6)7-5(9(12)14)2-1-3-10-7/h1-3,8H,4H2,(H,11,13). The predicted octanol–water partition coefficient (Wildman–Crippen LogP) is -0.334. The zero-order valence-electron chi connectivity index (χ0n) is 7.23. The second-order valence-electron chi connectivity index (χ2n) is 3.34. The Balaban J connectivity index is 2.16. The topological polar surface area (TPSA) is 62.3 Å². The quantitative estimate of drug-likeness (QED) is 0.607. The van der Waals surface area contributed by atoms with Crippen LogP contribution in [0.2, 0.25) is 0 Å². The lowest BCUT2D eigenvalue weighted by Crippen LogP contribution is -2.25. The van der Waals surface area contributed by atoms with E-state index in [9.17, 15) is 9.59 Å². The average molecular weight is 189 g/mol. The first-order valence-corrected chi connectivity index (χ1v) is 4.32. The van der Waals surface area contributed by atoms with Gasteiger partial charge in [-0.25, -0.2) is 0 Å². The van der Waals surface area contributed by atoms with Crippen molar-refractivity contribution in [1.29, 1.82) is 0 Å². The van der Waals surface area contributed by atoms with Crippen LogP contribution in [0.25, 0.3) is 0 Å². The van der Waals surface area contributed by atoms with Crippen molar-refractivity contribution < 1.29 is 9.59 Å². The van der Waals surface area contributed by atoms with Crippen LogP contribution in [0.3, 0.4) is 0 Å². The highest BCUT2D eigenvalue weighted by atomic mass is 16.2. The summed E-state index contributed by atoms with van der Waals surface area (Å²) in [7, 11) is 0. The maximum absolute atomic E-state index is 11.7. The van der Waals surface area contributed by atoms with Gasteiger partial charge in [-0.2, -0.15) is 0 Å². The van der Waals surface area contributed by atoms with Gasteiger partial charge in [-0.1, -0.05) is 0 Å². The van der Waals surface area contributed by atoms with Crippen molar-refractivity contribution in [3.8, 4) is 0 Å². The molecule has 5 heteroatoms. The van der Waals surface area contributed by atoms with Crippen molar-refractivity contribution in [3.05, 3.63) is 29.6 Å². The fraction of sp³-hybridized carbons (Fsp3) is 0.222. The van der Waals surface area contributed by atoms with Gasteiger partial charge in [0.15, 0.2) is 0 Å². The summed E-state index contributed by atoms with van der Waals surface area (Å²) in [6, 6.07) is 3.45. The minimum Gasteiger partial charge on any atom is -0.329 e. The predicted molar refractivity (Wildman–Crippen MR) is 46.2 cm³/mol. The van der Waals surface area contributed by atoms with E-state index in [2.05, 4.69) is 10.3 Å². The van der Waals surface area contributed by atoms with Crippen LogP contribution < -0.4 is 5.32 Å². The Morgan fingerprint density at radius 3 is 3.21 bits per heavy atom. The van der Waals surface area contributed by atoms with E-state index in [1.807, 2.05) is 0 Å². The Hall–Kier alpha value is -1.91. The zero-order valence-corrected chi connectivity index (χ0v) is 7.23. The number of carbonyl (C=O) groups excluding carboxylic acids is 2. The maximum Gasteiger partial charge on any atom is 0.258 e. The molecule has 5 nitrogen and oxygen atoms in total. The first-order chi connectivity index (χ1) is 6.77. The minimum atomic E-state index is -0.341. The molecule has 2 aliphatic heterocycles. The smallest absolute Gasteiger partial charge is 0.258 e. The third-order valence-corrected chi connectivity index (χ3v) is 2.51. The second kappa shape index (κ2) is 2.31. The largest absolute Gasteiger partial charge is 0.329 e. The number of hydrogen-bond donors (Lipinski definition) is 1. The lowest BCUT2D eigenvalue weighted by Gasteiger charge is -2.11. The number of aromatic nitrogens is 1. The zero-order chi connectivity index (χ0) is 9.71. The molecule has 2 amide bonds. The van der Waals surface area contributed by atoms with Crippen LogP contribution in [-0.4, -0.2) is 28.2 Å². The summed E-state index contributed by atoms with van der Waals surface area (Å²) < 4.78 is 0. The van der Waals surface area contributed by atoms with Gasteiger partial charge in [-0.15, -0.1) is 0 Å². The minimum absolute atomic E-state index is 0.114. The molecule has 3 rings (SSSR count). The fourth-order valence-electron chi connectivity index (χ4n) is 1.90. The van der Waals surface area contributed by atoms with Crippen molar-refractivity contribution in [1.82, 2.24) is 15.2 Å². The molecule has 1 atom stereocenters. The van der Waals surface area contributed by atoms with Crippen LogP contribution in [-0.2, 0) is 4.79 Å². The van der Waals surface area contributed by atoms with Gasteiger partial charge >= 0.3 is 0 Å². The monoisotopic (exact) mass is 189 g/mol. The molecule has 3 heterocycles. The number of pyridine rings is 1. The van der Waals surface area contributed by atoms with Gasteiger partial charge in [0.05, 0.1) is 11.3 Å². The van der Waals surface area contributed by atoms with Crippen molar-refractivity contribution in [2.45, 2.75) is 6.17 Å². The van der Waals surface area contributed by atoms with E-state index >= 15 is 0 Å². The summed E-state index contributed by atoms with van der Waals surface area (Å²) in [6.45, 7) is 0.139. The van der Waals surface area contributed by atoms with Crippen LogP contribution in [0.5, 0.6) is 0 Å². The number of rotatable bonds is 0. The lowest BCUT2D eigenvalue weighted by molar-refractivity contribution is -0.118. The molecule has 1 saturated heterocycles.